The van der Waals surface area contributed by atoms with Gasteiger partial charge < -0.3 is 0 Å². The van der Waals surface area contributed by atoms with Crippen LogP contribution in [-0.2, 0) is 0 Å². The number of nitrogens with one attached hydrogen (secondary N) is 1. The van der Waals surface area contributed by atoms with Gasteiger partial charge in [-0.3, -0.25) is 5.32 Å². The summed E-state index contributed by atoms with van der Waals surface area (Å²) in [5.41, 5.74) is 2.18. The Balaban J connectivity index is 2.69. The van der Waals surface area contributed by atoms with Crippen LogP contribution >= 0.6 is 11.8 Å². The Morgan fingerprint density at radius 1 is 1.42 bits per heavy atom. The van der Waals surface area contributed by atoms with Gasteiger partial charge in [-0.15, -0.1) is 11.8 Å². The van der Waals surface area contributed by atoms with E-state index in [9.17, 15) is 5.26 Å². The lowest BCUT2D eigenvalue weighted by Gasteiger charge is -2.26. The first-order chi connectivity index (χ1) is 8.90. The standard InChI is InChI=1S/C16H24N2S/c1-6-18-16(5,11-17)10-14(4)19-15-8-7-12(2)9-13(15)3/h7-9,14,18H,6,10H2,1-5H3. The summed E-state index contributed by atoms with van der Waals surface area (Å²) < 4.78 is 0. The number of thioether (sulfide) groups is 1. The molecule has 0 saturated heterocycles. The lowest BCUT2D eigenvalue weighted by molar-refractivity contribution is 0.429. The average molecular weight is 276 g/mol. The van der Waals surface area contributed by atoms with Gasteiger partial charge in [0, 0.05) is 10.1 Å². The molecule has 0 bridgehead atoms. The van der Waals surface area contributed by atoms with E-state index in [0.29, 0.717) is 5.25 Å². The van der Waals surface area contributed by atoms with Crippen molar-refractivity contribution >= 4 is 11.8 Å². The van der Waals surface area contributed by atoms with Crippen molar-refractivity contribution in [1.29, 1.82) is 5.26 Å². The van der Waals surface area contributed by atoms with Crippen molar-refractivity contribution in [2.24, 2.45) is 0 Å². The zero-order valence-corrected chi connectivity index (χ0v) is 13.4. The Bertz CT molecular complexity index is 464. The highest BCUT2D eigenvalue weighted by atomic mass is 32.2. The van der Waals surface area contributed by atoms with Crippen molar-refractivity contribution in [3.8, 4) is 6.07 Å². The van der Waals surface area contributed by atoms with Gasteiger partial charge in [0.15, 0.2) is 0 Å². The number of rotatable bonds is 6. The van der Waals surface area contributed by atoms with Crippen molar-refractivity contribution in [3.63, 3.8) is 0 Å². The van der Waals surface area contributed by atoms with E-state index in [1.807, 2.05) is 25.6 Å². The van der Waals surface area contributed by atoms with Crippen LogP contribution < -0.4 is 5.32 Å². The number of hydrogen-bond acceptors (Lipinski definition) is 3. The molecule has 1 aromatic rings. The molecule has 0 amide bonds. The van der Waals surface area contributed by atoms with Gasteiger partial charge in [0.1, 0.15) is 5.54 Å². The van der Waals surface area contributed by atoms with Crippen molar-refractivity contribution in [3.05, 3.63) is 29.3 Å². The number of nitrogens with zero attached hydrogens (tertiary/aromatic N) is 1. The fourth-order valence-electron chi connectivity index (χ4n) is 2.31. The predicted molar refractivity (Wildman–Crippen MR) is 83.5 cm³/mol. The van der Waals surface area contributed by atoms with Crippen LogP contribution in [0.2, 0.25) is 0 Å². The van der Waals surface area contributed by atoms with E-state index >= 15 is 0 Å². The monoisotopic (exact) mass is 276 g/mol. The molecule has 0 heterocycles. The number of hydrogen-bond donors (Lipinski definition) is 1. The second kappa shape index (κ2) is 6.98. The molecule has 0 aliphatic carbocycles. The predicted octanol–water partition coefficient (Wildman–Crippen LogP) is 4.07. The van der Waals surface area contributed by atoms with Gasteiger partial charge in [-0.25, -0.2) is 0 Å². The fraction of sp³-hybridized carbons (Fsp3) is 0.562. The first-order valence-electron chi connectivity index (χ1n) is 6.80. The maximum Gasteiger partial charge on any atom is 0.104 e. The third-order valence-corrected chi connectivity index (χ3v) is 4.45. The third kappa shape index (κ3) is 4.89. The quantitative estimate of drug-likeness (QED) is 0.796. The Morgan fingerprint density at radius 3 is 2.63 bits per heavy atom. The van der Waals surface area contributed by atoms with Gasteiger partial charge in [0.2, 0.25) is 0 Å². The normalized spacial score (nSPS) is 15.6. The van der Waals surface area contributed by atoms with E-state index in [2.05, 4.69) is 50.4 Å². The molecule has 0 spiro atoms. The SMILES string of the molecule is CCNC(C)(C#N)CC(C)Sc1ccc(C)cc1C. The largest absolute Gasteiger partial charge is 0.300 e. The summed E-state index contributed by atoms with van der Waals surface area (Å²) in [7, 11) is 0. The Hall–Kier alpha value is -0.980. The first kappa shape index (κ1) is 16.1. The molecule has 2 unspecified atom stereocenters. The van der Waals surface area contributed by atoms with Gasteiger partial charge in [-0.1, -0.05) is 31.5 Å². The summed E-state index contributed by atoms with van der Waals surface area (Å²) in [6, 6.07) is 8.94. The summed E-state index contributed by atoms with van der Waals surface area (Å²) in [6.07, 6.45) is 0.843. The molecule has 2 nitrogen and oxygen atoms in total. The fourth-order valence-corrected chi connectivity index (χ4v) is 3.55. The Morgan fingerprint density at radius 2 is 2.11 bits per heavy atom. The molecule has 0 radical (unpaired) electrons. The lowest BCUT2D eigenvalue weighted by Crippen LogP contribution is -2.42. The highest BCUT2D eigenvalue weighted by Gasteiger charge is 2.25. The van der Waals surface area contributed by atoms with Crippen molar-refractivity contribution < 1.29 is 0 Å². The topological polar surface area (TPSA) is 35.8 Å². The summed E-state index contributed by atoms with van der Waals surface area (Å²) in [5, 5.41) is 13.0. The van der Waals surface area contributed by atoms with Crippen LogP contribution in [0.5, 0.6) is 0 Å². The van der Waals surface area contributed by atoms with Crippen molar-refractivity contribution in [2.45, 2.75) is 56.7 Å². The molecule has 0 aliphatic heterocycles. The zero-order chi connectivity index (χ0) is 14.5. The van der Waals surface area contributed by atoms with Crippen LogP contribution in [-0.4, -0.2) is 17.3 Å². The van der Waals surface area contributed by atoms with E-state index < -0.39 is 5.54 Å². The summed E-state index contributed by atoms with van der Waals surface area (Å²) in [6.45, 7) is 11.3. The van der Waals surface area contributed by atoms with Gasteiger partial charge in [-0.05, 0) is 45.4 Å². The molecule has 1 N–H and O–H groups in total. The first-order valence-corrected chi connectivity index (χ1v) is 7.68. The highest BCUT2D eigenvalue weighted by molar-refractivity contribution is 8.00. The van der Waals surface area contributed by atoms with Gasteiger partial charge in [0.25, 0.3) is 0 Å². The molecule has 0 saturated carbocycles. The minimum Gasteiger partial charge on any atom is -0.300 e. The molecule has 19 heavy (non-hydrogen) atoms. The van der Waals surface area contributed by atoms with Crippen LogP contribution in [0.1, 0.15) is 38.3 Å². The minimum absolute atomic E-state index is 0.408. The van der Waals surface area contributed by atoms with Gasteiger partial charge in [-0.2, -0.15) is 5.26 Å². The van der Waals surface area contributed by atoms with Crippen LogP contribution in [0.3, 0.4) is 0 Å². The summed E-state index contributed by atoms with van der Waals surface area (Å²) >= 11 is 1.86. The molecule has 0 fully saturated rings. The molecule has 0 aromatic heterocycles. The molecule has 1 aromatic carbocycles. The van der Waals surface area contributed by atoms with Crippen LogP contribution in [0, 0.1) is 25.2 Å². The second-order valence-electron chi connectivity index (χ2n) is 5.38. The van der Waals surface area contributed by atoms with Crippen molar-refractivity contribution in [1.82, 2.24) is 5.32 Å². The molecule has 1 rings (SSSR count). The minimum atomic E-state index is -0.431. The maximum atomic E-state index is 9.30. The zero-order valence-electron chi connectivity index (χ0n) is 12.6. The van der Waals surface area contributed by atoms with E-state index in [4.69, 9.17) is 0 Å². The second-order valence-corrected chi connectivity index (χ2v) is 6.86. The lowest BCUT2D eigenvalue weighted by atomic mass is 9.98. The molecule has 3 heteroatoms. The third-order valence-electron chi connectivity index (χ3n) is 3.17. The van der Waals surface area contributed by atoms with Gasteiger partial charge >= 0.3 is 0 Å². The van der Waals surface area contributed by atoms with Crippen molar-refractivity contribution in [2.75, 3.05) is 6.54 Å². The van der Waals surface area contributed by atoms with E-state index in [1.54, 1.807) is 0 Å². The van der Waals surface area contributed by atoms with Gasteiger partial charge in [0.05, 0.1) is 6.07 Å². The molecular weight excluding hydrogens is 252 g/mol. The number of aryl methyl sites for hydroxylation is 2. The van der Waals surface area contributed by atoms with E-state index in [1.165, 1.54) is 16.0 Å². The Labute approximate surface area is 121 Å². The van der Waals surface area contributed by atoms with Crippen LogP contribution in [0.4, 0.5) is 0 Å². The number of benzene rings is 1. The molecule has 2 atom stereocenters. The molecule has 0 aliphatic rings. The average Bonchev–Trinajstić information content (AvgIpc) is 2.33. The van der Waals surface area contributed by atoms with Crippen LogP contribution in [0.25, 0.3) is 0 Å². The Kier molecular flexibility index (Phi) is 5.90. The van der Waals surface area contributed by atoms with Crippen LogP contribution in [0.15, 0.2) is 23.1 Å². The van der Waals surface area contributed by atoms with E-state index in [0.717, 1.165) is 13.0 Å². The number of nitriles is 1. The van der Waals surface area contributed by atoms with E-state index in [-0.39, 0.29) is 0 Å². The molecule has 104 valence electrons. The highest BCUT2D eigenvalue weighted by Crippen LogP contribution is 2.31. The smallest absolute Gasteiger partial charge is 0.104 e. The maximum absolute atomic E-state index is 9.30. The molecular formula is C16H24N2S. The summed E-state index contributed by atoms with van der Waals surface area (Å²) in [5.74, 6) is 0. The summed E-state index contributed by atoms with van der Waals surface area (Å²) in [4.78, 5) is 1.31.